The van der Waals surface area contributed by atoms with Crippen LogP contribution in [0.3, 0.4) is 0 Å². The Morgan fingerprint density at radius 3 is 2.74 bits per heavy atom. The summed E-state index contributed by atoms with van der Waals surface area (Å²) in [6.45, 7) is 0.265. The van der Waals surface area contributed by atoms with Gasteiger partial charge >= 0.3 is 5.69 Å². The number of nitrogens with two attached hydrogens (primary N) is 2. The van der Waals surface area contributed by atoms with Crippen molar-refractivity contribution in [3.05, 3.63) is 45.1 Å². The molecular formula is C11H13ClN4O2S. The van der Waals surface area contributed by atoms with Crippen molar-refractivity contribution in [2.45, 2.75) is 6.54 Å². The Bertz CT molecular complexity index is 710. The van der Waals surface area contributed by atoms with E-state index in [9.17, 15) is 9.59 Å². The molecule has 0 amide bonds. The summed E-state index contributed by atoms with van der Waals surface area (Å²) < 4.78 is 1.15. The van der Waals surface area contributed by atoms with Gasteiger partial charge in [-0.2, -0.15) is 0 Å². The van der Waals surface area contributed by atoms with Crippen LogP contribution < -0.4 is 34.8 Å². The van der Waals surface area contributed by atoms with Gasteiger partial charge in [0.15, 0.2) is 0 Å². The SMILES string of the molecule is NC(=[NH2+])SCCn1c(=O)[nH]c2ccccc2c1=O.[Cl-]. The molecule has 1 aromatic carbocycles. The molecule has 19 heavy (non-hydrogen) atoms. The molecule has 102 valence electrons. The second-order valence-electron chi connectivity index (χ2n) is 3.68. The summed E-state index contributed by atoms with van der Waals surface area (Å²) in [6.07, 6.45) is 0. The van der Waals surface area contributed by atoms with E-state index < -0.39 is 5.69 Å². The molecule has 0 spiro atoms. The molecule has 0 aliphatic rings. The van der Waals surface area contributed by atoms with Gasteiger partial charge in [0.05, 0.1) is 10.9 Å². The molecule has 0 unspecified atom stereocenters. The van der Waals surface area contributed by atoms with E-state index in [0.29, 0.717) is 16.7 Å². The first kappa shape index (κ1) is 15.3. The smallest absolute Gasteiger partial charge is 0.328 e. The molecule has 0 atom stereocenters. The average Bonchev–Trinajstić information content (AvgIpc) is 2.33. The number of benzene rings is 1. The summed E-state index contributed by atoms with van der Waals surface area (Å²) in [4.78, 5) is 26.5. The first-order valence-corrected chi connectivity index (χ1v) is 6.30. The maximum absolute atomic E-state index is 12.1. The fourth-order valence-corrected chi connectivity index (χ4v) is 2.17. The monoisotopic (exact) mass is 300 g/mol. The third-order valence-electron chi connectivity index (χ3n) is 2.47. The van der Waals surface area contributed by atoms with Crippen LogP contribution >= 0.6 is 11.8 Å². The summed E-state index contributed by atoms with van der Waals surface area (Å²) >= 11 is 1.21. The van der Waals surface area contributed by atoms with Gasteiger partial charge in [-0.05, 0) is 23.9 Å². The van der Waals surface area contributed by atoms with Crippen molar-refractivity contribution in [3.63, 3.8) is 0 Å². The molecule has 1 heterocycles. The van der Waals surface area contributed by atoms with Crippen molar-refractivity contribution in [2.75, 3.05) is 5.75 Å². The maximum Gasteiger partial charge on any atom is 0.328 e. The Labute approximate surface area is 118 Å². The number of hydrogen-bond acceptors (Lipinski definition) is 3. The topological polar surface area (TPSA) is 106 Å². The van der Waals surface area contributed by atoms with Crippen LogP contribution in [-0.4, -0.2) is 20.5 Å². The lowest BCUT2D eigenvalue weighted by Crippen LogP contribution is -3.00. The van der Waals surface area contributed by atoms with E-state index in [1.54, 1.807) is 24.3 Å². The minimum absolute atomic E-state index is 0. The Morgan fingerprint density at radius 2 is 2.05 bits per heavy atom. The highest BCUT2D eigenvalue weighted by molar-refractivity contribution is 8.13. The van der Waals surface area contributed by atoms with Gasteiger partial charge in [0.1, 0.15) is 0 Å². The van der Waals surface area contributed by atoms with Gasteiger partial charge in [-0.15, -0.1) is 0 Å². The van der Waals surface area contributed by atoms with Gasteiger partial charge in [-0.3, -0.25) is 20.5 Å². The molecule has 0 bridgehead atoms. The molecule has 5 N–H and O–H groups in total. The van der Waals surface area contributed by atoms with Crippen LogP contribution in [0, 0.1) is 0 Å². The number of fused-ring (bicyclic) bond motifs is 1. The van der Waals surface area contributed by atoms with E-state index in [0.717, 1.165) is 4.57 Å². The van der Waals surface area contributed by atoms with Crippen LogP contribution in [0.1, 0.15) is 0 Å². The van der Waals surface area contributed by atoms with Crippen LogP contribution in [0.25, 0.3) is 10.9 Å². The fraction of sp³-hybridized carbons (Fsp3) is 0.182. The first-order valence-electron chi connectivity index (χ1n) is 5.32. The molecular weight excluding hydrogens is 288 g/mol. The number of aromatic nitrogens is 2. The number of nitrogens with one attached hydrogen (secondary N) is 1. The lowest BCUT2D eigenvalue weighted by atomic mass is 10.2. The van der Waals surface area contributed by atoms with Crippen molar-refractivity contribution in [1.29, 1.82) is 0 Å². The van der Waals surface area contributed by atoms with E-state index in [4.69, 9.17) is 11.1 Å². The minimum Gasteiger partial charge on any atom is -1.00 e. The zero-order valence-corrected chi connectivity index (χ0v) is 11.5. The van der Waals surface area contributed by atoms with E-state index in [1.165, 1.54) is 11.8 Å². The van der Waals surface area contributed by atoms with Crippen molar-refractivity contribution in [3.8, 4) is 0 Å². The number of nitrogens with zero attached hydrogens (tertiary/aromatic N) is 1. The number of thioether (sulfide) groups is 1. The van der Waals surface area contributed by atoms with Crippen molar-refractivity contribution >= 4 is 27.8 Å². The van der Waals surface area contributed by atoms with Gasteiger partial charge in [0.25, 0.3) is 10.7 Å². The molecule has 8 heteroatoms. The molecule has 2 rings (SSSR count). The standard InChI is InChI=1S/C11H12N4O2S.ClH/c12-10(13)18-6-5-15-9(16)7-3-1-2-4-8(7)14-11(15)17;/h1-4H,5-6H2,(H3,12,13)(H,14,17);1H. The van der Waals surface area contributed by atoms with Gasteiger partial charge in [0.2, 0.25) is 0 Å². The lowest BCUT2D eigenvalue weighted by molar-refractivity contribution is -0.110. The number of halogens is 1. The van der Waals surface area contributed by atoms with Crippen LogP contribution in [0.4, 0.5) is 0 Å². The van der Waals surface area contributed by atoms with E-state index in [-0.39, 0.29) is 29.7 Å². The number of rotatable bonds is 3. The highest BCUT2D eigenvalue weighted by Gasteiger charge is 2.07. The predicted molar refractivity (Wildman–Crippen MR) is 72.4 cm³/mol. The second kappa shape index (κ2) is 6.44. The third-order valence-corrected chi connectivity index (χ3v) is 3.19. The van der Waals surface area contributed by atoms with Gasteiger partial charge in [-0.1, -0.05) is 12.1 Å². The summed E-state index contributed by atoms with van der Waals surface area (Å²) in [5.41, 5.74) is 5.13. The fourth-order valence-electron chi connectivity index (χ4n) is 1.66. The molecule has 0 aliphatic heterocycles. The van der Waals surface area contributed by atoms with Crippen molar-refractivity contribution in [2.24, 2.45) is 5.73 Å². The van der Waals surface area contributed by atoms with Crippen LogP contribution in [0.5, 0.6) is 0 Å². The molecule has 0 saturated carbocycles. The summed E-state index contributed by atoms with van der Waals surface area (Å²) in [7, 11) is 0. The van der Waals surface area contributed by atoms with E-state index in [2.05, 4.69) is 4.98 Å². The van der Waals surface area contributed by atoms with Gasteiger partial charge < -0.3 is 17.4 Å². The lowest BCUT2D eigenvalue weighted by Gasteiger charge is -2.04. The van der Waals surface area contributed by atoms with Gasteiger partial charge in [0, 0.05) is 12.3 Å². The molecule has 2 aromatic rings. The number of H-pyrrole nitrogens is 1. The highest BCUT2D eigenvalue weighted by atomic mass is 35.5. The summed E-state index contributed by atoms with van der Waals surface area (Å²) in [6, 6.07) is 6.90. The molecule has 0 saturated heterocycles. The summed E-state index contributed by atoms with van der Waals surface area (Å²) in [5.74, 6) is 0.476. The third kappa shape index (κ3) is 3.39. The highest BCUT2D eigenvalue weighted by Crippen LogP contribution is 2.03. The van der Waals surface area contributed by atoms with Crippen molar-refractivity contribution in [1.82, 2.24) is 9.55 Å². The number of aromatic amines is 1. The normalized spacial score (nSPS) is 10.1. The Morgan fingerprint density at radius 1 is 1.37 bits per heavy atom. The Hall–Kier alpha value is -1.73. The number of amidine groups is 1. The zero-order valence-electron chi connectivity index (χ0n) is 9.93. The first-order chi connectivity index (χ1) is 8.59. The maximum atomic E-state index is 12.1. The molecule has 1 aromatic heterocycles. The van der Waals surface area contributed by atoms with E-state index in [1.807, 2.05) is 0 Å². The molecule has 6 nitrogen and oxygen atoms in total. The minimum atomic E-state index is -0.421. The zero-order chi connectivity index (χ0) is 13.1. The molecule has 0 radical (unpaired) electrons. The van der Waals surface area contributed by atoms with Crippen LogP contribution in [0.2, 0.25) is 0 Å². The molecule has 0 aliphatic carbocycles. The number of hydrogen-bond donors (Lipinski definition) is 3. The average molecular weight is 301 g/mol. The second-order valence-corrected chi connectivity index (χ2v) is 4.85. The number of para-hydroxylation sites is 1. The predicted octanol–water partition coefficient (Wildman–Crippen LogP) is -4.50. The summed E-state index contributed by atoms with van der Waals surface area (Å²) in [5, 5.41) is 6.02. The quantitative estimate of drug-likeness (QED) is 0.392. The van der Waals surface area contributed by atoms with E-state index >= 15 is 0 Å². The largest absolute Gasteiger partial charge is 1.00 e. The van der Waals surface area contributed by atoms with Crippen LogP contribution in [-0.2, 0) is 6.54 Å². The Kier molecular flexibility index (Phi) is 5.20. The van der Waals surface area contributed by atoms with Gasteiger partial charge in [-0.25, -0.2) is 4.79 Å². The molecule has 0 fully saturated rings. The van der Waals surface area contributed by atoms with Crippen molar-refractivity contribution < 1.29 is 17.8 Å². The van der Waals surface area contributed by atoms with Crippen LogP contribution in [0.15, 0.2) is 33.9 Å². The Balaban J connectivity index is 0.00000180.